The number of phosphoric acid groups is 1. The van der Waals surface area contributed by atoms with Crippen LogP contribution in [0.2, 0.25) is 50.3 Å². The molecule has 1 amide bonds. The highest BCUT2D eigenvalue weighted by Gasteiger charge is 2.38. The van der Waals surface area contributed by atoms with Crippen LogP contribution >= 0.6 is 19.4 Å². The smallest absolute Gasteiger partial charge is 0.322 e. The zero-order valence-electron chi connectivity index (χ0n) is 23.3. The molecule has 6 nitrogen and oxygen atoms in total. The van der Waals surface area contributed by atoms with Gasteiger partial charge in [0.15, 0.2) is 0 Å². The minimum absolute atomic E-state index is 0.0205. The van der Waals surface area contributed by atoms with Crippen LogP contribution in [0.25, 0.3) is 0 Å². The van der Waals surface area contributed by atoms with Gasteiger partial charge in [-0.2, -0.15) is 26.3 Å². The van der Waals surface area contributed by atoms with Gasteiger partial charge in [0.2, 0.25) is 0 Å². The molecule has 0 bridgehead atoms. The standard InChI is InChI=1S/C25H33ClF6NO5PSi2/c1-40(2,3)10-9-37-39(35,36)38-15-22(41(4,5)6)20-8-7-18(26)14-21(20)23(34)33-19-12-16(24(27,28)29)11-17(13-19)25(30,31)32/h7-8,11-14,22H,9-10,15H2,1-6H3,(H,33,34)(H,35,36). The Morgan fingerprint density at radius 3 is 1.95 bits per heavy atom. The Labute approximate surface area is 242 Å². The van der Waals surface area contributed by atoms with Gasteiger partial charge < -0.3 is 10.2 Å². The van der Waals surface area contributed by atoms with Crippen LogP contribution < -0.4 is 5.32 Å². The van der Waals surface area contributed by atoms with Crippen molar-refractivity contribution in [1.82, 2.24) is 0 Å². The molecule has 16 heteroatoms. The molecule has 2 aromatic carbocycles. The van der Waals surface area contributed by atoms with E-state index in [1.54, 1.807) is 0 Å². The largest absolute Gasteiger partial charge is 0.472 e. The molecule has 0 aromatic heterocycles. The van der Waals surface area contributed by atoms with Gasteiger partial charge in [0.1, 0.15) is 0 Å². The summed E-state index contributed by atoms with van der Waals surface area (Å²) in [7, 11) is -8.39. The molecule has 0 heterocycles. The molecule has 41 heavy (non-hydrogen) atoms. The Hall–Kier alpha value is -1.68. The highest BCUT2D eigenvalue weighted by atomic mass is 35.5. The van der Waals surface area contributed by atoms with Crippen LogP contribution in [0.15, 0.2) is 36.4 Å². The average molecular weight is 664 g/mol. The van der Waals surface area contributed by atoms with Crippen LogP contribution in [-0.2, 0) is 26.0 Å². The number of phosphoric ester groups is 1. The third kappa shape index (κ3) is 11.2. The number of alkyl halides is 6. The average Bonchev–Trinajstić information content (AvgIpc) is 2.76. The quantitative estimate of drug-likeness (QED) is 0.142. The summed E-state index contributed by atoms with van der Waals surface area (Å²) in [4.78, 5) is 23.5. The van der Waals surface area contributed by atoms with Gasteiger partial charge in [-0.15, -0.1) is 0 Å². The van der Waals surface area contributed by atoms with Gasteiger partial charge in [0.05, 0.1) is 32.4 Å². The van der Waals surface area contributed by atoms with E-state index in [2.05, 4.69) is 25.0 Å². The summed E-state index contributed by atoms with van der Waals surface area (Å²) in [5.74, 6) is -1.02. The molecule has 0 saturated carbocycles. The summed E-state index contributed by atoms with van der Waals surface area (Å²) in [5.41, 5.74) is -4.35. The first-order chi connectivity index (χ1) is 18.4. The SMILES string of the molecule is C[Si](C)(C)CCOP(=O)(O)OCC(c1ccc(Cl)cc1C(=O)Nc1cc(C(F)(F)F)cc(C(F)(F)F)c1)[Si](C)(C)C. The number of rotatable bonds is 11. The maximum absolute atomic E-state index is 13.3. The molecule has 0 aliphatic carbocycles. The Morgan fingerprint density at radius 1 is 0.951 bits per heavy atom. The van der Waals surface area contributed by atoms with E-state index in [1.165, 1.54) is 18.2 Å². The first kappa shape index (κ1) is 35.5. The number of nitrogens with one attached hydrogen (secondary N) is 1. The Morgan fingerprint density at radius 2 is 1.49 bits per heavy atom. The molecular weight excluding hydrogens is 631 g/mol. The highest BCUT2D eigenvalue weighted by molar-refractivity contribution is 7.47. The van der Waals surface area contributed by atoms with Crippen molar-refractivity contribution in [3.05, 3.63) is 63.7 Å². The van der Waals surface area contributed by atoms with E-state index in [9.17, 15) is 40.6 Å². The number of amides is 1. The van der Waals surface area contributed by atoms with Crippen molar-refractivity contribution in [3.8, 4) is 0 Å². The molecule has 0 spiro atoms. The van der Waals surface area contributed by atoms with E-state index in [0.717, 1.165) is 0 Å². The number of hydrogen-bond acceptors (Lipinski definition) is 4. The zero-order valence-corrected chi connectivity index (χ0v) is 27.0. The van der Waals surface area contributed by atoms with Crippen molar-refractivity contribution in [3.63, 3.8) is 0 Å². The predicted molar refractivity (Wildman–Crippen MR) is 152 cm³/mol. The van der Waals surface area contributed by atoms with Gasteiger partial charge >= 0.3 is 20.2 Å². The fourth-order valence-electron chi connectivity index (χ4n) is 3.73. The van der Waals surface area contributed by atoms with E-state index in [4.69, 9.17) is 20.6 Å². The number of hydrogen-bond donors (Lipinski definition) is 2. The molecule has 0 aliphatic rings. The van der Waals surface area contributed by atoms with Gasteiger partial charge in [-0.3, -0.25) is 13.8 Å². The summed E-state index contributed by atoms with van der Waals surface area (Å²) < 4.78 is 103. The van der Waals surface area contributed by atoms with Gasteiger partial charge in [-0.1, -0.05) is 56.9 Å². The predicted octanol–water partition coefficient (Wildman–Crippen LogP) is 9.06. The monoisotopic (exact) mass is 663 g/mol. The van der Waals surface area contributed by atoms with E-state index >= 15 is 0 Å². The van der Waals surface area contributed by atoms with Crippen LogP contribution in [0.3, 0.4) is 0 Å². The fraction of sp³-hybridized carbons (Fsp3) is 0.480. The van der Waals surface area contributed by atoms with Gasteiger partial charge in [0, 0.05) is 29.9 Å². The van der Waals surface area contributed by atoms with Crippen LogP contribution in [-0.4, -0.2) is 40.2 Å². The van der Waals surface area contributed by atoms with Crippen LogP contribution in [0.1, 0.15) is 32.6 Å². The van der Waals surface area contributed by atoms with Crippen LogP contribution in [0, 0.1) is 0 Å². The van der Waals surface area contributed by atoms with Gasteiger partial charge in [0.25, 0.3) is 5.91 Å². The second kappa shape index (κ2) is 12.9. The topological polar surface area (TPSA) is 84.9 Å². The number of anilines is 1. The van der Waals surface area contributed by atoms with Crippen molar-refractivity contribution in [2.24, 2.45) is 0 Å². The third-order valence-electron chi connectivity index (χ3n) is 6.04. The molecule has 0 fully saturated rings. The third-order valence-corrected chi connectivity index (χ3v) is 11.5. The maximum Gasteiger partial charge on any atom is 0.472 e. The Balaban J connectivity index is 2.44. The minimum Gasteiger partial charge on any atom is -0.322 e. The molecule has 2 unspecified atom stereocenters. The van der Waals surface area contributed by atoms with Crippen molar-refractivity contribution >= 4 is 47.2 Å². The summed E-state index contributed by atoms with van der Waals surface area (Å²) in [6.45, 7) is 11.6. The summed E-state index contributed by atoms with van der Waals surface area (Å²) in [6, 6.07) is 5.53. The first-order valence-corrected chi connectivity index (χ1v) is 21.6. The maximum atomic E-state index is 13.3. The molecule has 2 atom stereocenters. The van der Waals surface area contributed by atoms with Crippen molar-refractivity contribution in [2.45, 2.75) is 63.2 Å². The Bertz CT molecular complexity index is 1260. The van der Waals surface area contributed by atoms with Crippen LogP contribution in [0.5, 0.6) is 0 Å². The lowest BCUT2D eigenvalue weighted by molar-refractivity contribution is -0.143. The number of carbonyl (C=O) groups is 1. The van der Waals surface area contributed by atoms with Gasteiger partial charge in [-0.25, -0.2) is 4.57 Å². The molecule has 2 N–H and O–H groups in total. The van der Waals surface area contributed by atoms with Crippen molar-refractivity contribution < 1.29 is 49.6 Å². The molecular formula is C25H33ClF6NO5PSi2. The lowest BCUT2D eigenvalue weighted by atomic mass is 10.0. The summed E-state index contributed by atoms with van der Waals surface area (Å²) in [5, 5.41) is 2.20. The molecule has 2 rings (SSSR count). The Kier molecular flexibility index (Phi) is 11.2. The molecule has 0 saturated heterocycles. The van der Waals surface area contributed by atoms with E-state index in [0.29, 0.717) is 23.7 Å². The van der Waals surface area contributed by atoms with Crippen molar-refractivity contribution in [2.75, 3.05) is 18.5 Å². The molecule has 0 radical (unpaired) electrons. The highest BCUT2D eigenvalue weighted by Crippen LogP contribution is 2.46. The number of carbonyl (C=O) groups excluding carboxylic acids is 1. The molecule has 230 valence electrons. The zero-order chi connectivity index (χ0) is 31.6. The summed E-state index contributed by atoms with van der Waals surface area (Å²) >= 11 is 6.10. The van der Waals surface area contributed by atoms with Crippen LogP contribution in [0.4, 0.5) is 32.0 Å². The van der Waals surface area contributed by atoms with E-state index in [1.807, 2.05) is 19.6 Å². The number of halogens is 7. The summed E-state index contributed by atoms with van der Waals surface area (Å²) in [6.07, 6.45) is -10.2. The second-order valence-electron chi connectivity index (χ2n) is 11.8. The van der Waals surface area contributed by atoms with E-state index < -0.39 is 64.6 Å². The van der Waals surface area contributed by atoms with Crippen molar-refractivity contribution in [1.29, 1.82) is 0 Å². The fourth-order valence-corrected chi connectivity index (χ4v) is 7.43. The molecule has 0 aliphatic heterocycles. The normalized spacial score (nSPS) is 15.4. The van der Waals surface area contributed by atoms with E-state index in [-0.39, 0.29) is 29.9 Å². The van der Waals surface area contributed by atoms with Gasteiger partial charge in [-0.05, 0) is 41.9 Å². The number of benzene rings is 2. The second-order valence-corrected chi connectivity index (χ2v) is 24.7. The minimum atomic E-state index is -5.10. The lowest BCUT2D eigenvalue weighted by Gasteiger charge is -2.31. The molecule has 2 aromatic rings. The lowest BCUT2D eigenvalue weighted by Crippen LogP contribution is -2.35. The first-order valence-electron chi connectivity index (χ1n) is 12.4.